The zero-order valence-corrected chi connectivity index (χ0v) is 13.3. The molecule has 3 rings (SSSR count). The van der Waals surface area contributed by atoms with Crippen LogP contribution in [0.25, 0.3) is 0 Å². The number of hydrogen-bond donors (Lipinski definition) is 0. The second kappa shape index (κ2) is 7.05. The van der Waals surface area contributed by atoms with Crippen LogP contribution in [0, 0.1) is 17.6 Å². The molecule has 1 amide bonds. The van der Waals surface area contributed by atoms with Gasteiger partial charge in [0.1, 0.15) is 17.7 Å². The lowest BCUT2D eigenvalue weighted by atomic mass is 10.0. The van der Waals surface area contributed by atoms with Crippen molar-refractivity contribution in [2.24, 2.45) is 5.92 Å². The molecular weight excluding hydrogens is 314 g/mol. The number of pyridine rings is 1. The standard InChI is InChI=1S/C18H18F2N2O2/c1-12-7-9-24-17(12)18(23)22(11-14-4-2-3-8-21-14)16-6-5-13(19)10-15(16)20/h2-6,8,10,12,17H,7,9,11H2,1H3/t12-,17-/m0/s1. The van der Waals surface area contributed by atoms with Crippen LogP contribution in [-0.2, 0) is 16.1 Å². The molecule has 0 spiro atoms. The minimum Gasteiger partial charge on any atom is -0.368 e. The van der Waals surface area contributed by atoms with E-state index in [-0.39, 0.29) is 24.1 Å². The highest BCUT2D eigenvalue weighted by Gasteiger charge is 2.35. The van der Waals surface area contributed by atoms with Crippen molar-refractivity contribution >= 4 is 11.6 Å². The first kappa shape index (κ1) is 16.5. The van der Waals surface area contributed by atoms with Crippen molar-refractivity contribution in [2.75, 3.05) is 11.5 Å². The van der Waals surface area contributed by atoms with E-state index in [1.165, 1.54) is 11.0 Å². The molecule has 4 nitrogen and oxygen atoms in total. The lowest BCUT2D eigenvalue weighted by molar-refractivity contribution is -0.128. The van der Waals surface area contributed by atoms with Gasteiger partial charge in [0.15, 0.2) is 0 Å². The van der Waals surface area contributed by atoms with E-state index in [9.17, 15) is 13.6 Å². The van der Waals surface area contributed by atoms with Crippen LogP contribution in [0.4, 0.5) is 14.5 Å². The van der Waals surface area contributed by atoms with Crippen molar-refractivity contribution in [3.05, 3.63) is 59.9 Å². The lowest BCUT2D eigenvalue weighted by Crippen LogP contribution is -2.41. The zero-order valence-electron chi connectivity index (χ0n) is 13.3. The van der Waals surface area contributed by atoms with Gasteiger partial charge in [-0.25, -0.2) is 8.78 Å². The Bertz CT molecular complexity index is 724. The monoisotopic (exact) mass is 332 g/mol. The average molecular weight is 332 g/mol. The van der Waals surface area contributed by atoms with E-state index < -0.39 is 17.7 Å². The van der Waals surface area contributed by atoms with E-state index >= 15 is 0 Å². The number of anilines is 1. The van der Waals surface area contributed by atoms with Crippen molar-refractivity contribution in [3.8, 4) is 0 Å². The van der Waals surface area contributed by atoms with Crippen LogP contribution in [0.1, 0.15) is 19.0 Å². The highest BCUT2D eigenvalue weighted by atomic mass is 19.1. The number of aromatic nitrogens is 1. The summed E-state index contributed by atoms with van der Waals surface area (Å²) in [6.45, 7) is 2.52. The third-order valence-corrected chi connectivity index (χ3v) is 4.14. The minimum atomic E-state index is -0.787. The van der Waals surface area contributed by atoms with E-state index in [2.05, 4.69) is 4.98 Å². The Balaban J connectivity index is 1.95. The molecule has 1 aliphatic heterocycles. The molecular formula is C18H18F2N2O2. The molecule has 1 aromatic heterocycles. The van der Waals surface area contributed by atoms with Gasteiger partial charge in [-0.15, -0.1) is 0 Å². The van der Waals surface area contributed by atoms with Crippen LogP contribution in [0.2, 0.25) is 0 Å². The summed E-state index contributed by atoms with van der Waals surface area (Å²) >= 11 is 0. The van der Waals surface area contributed by atoms with Crippen LogP contribution in [0.15, 0.2) is 42.6 Å². The quantitative estimate of drug-likeness (QED) is 0.862. The van der Waals surface area contributed by atoms with Crippen molar-refractivity contribution < 1.29 is 18.3 Å². The number of carbonyl (C=O) groups excluding carboxylic acids is 1. The number of nitrogens with zero attached hydrogens (tertiary/aromatic N) is 2. The Hall–Kier alpha value is -2.34. The molecule has 1 saturated heterocycles. The van der Waals surface area contributed by atoms with Crippen LogP contribution in [0.3, 0.4) is 0 Å². The normalized spacial score (nSPS) is 20.1. The number of hydrogen-bond acceptors (Lipinski definition) is 3. The molecule has 2 atom stereocenters. The highest BCUT2D eigenvalue weighted by molar-refractivity contribution is 5.96. The van der Waals surface area contributed by atoms with E-state index in [1.54, 1.807) is 24.4 Å². The van der Waals surface area contributed by atoms with Crippen molar-refractivity contribution in [1.82, 2.24) is 4.98 Å². The average Bonchev–Trinajstić information content (AvgIpc) is 3.00. The molecule has 0 bridgehead atoms. The first-order valence-electron chi connectivity index (χ1n) is 7.84. The topological polar surface area (TPSA) is 42.4 Å². The molecule has 1 aromatic carbocycles. The van der Waals surface area contributed by atoms with E-state index in [0.29, 0.717) is 12.3 Å². The van der Waals surface area contributed by atoms with Crippen molar-refractivity contribution in [2.45, 2.75) is 26.0 Å². The number of ether oxygens (including phenoxy) is 1. The summed E-state index contributed by atoms with van der Waals surface area (Å²) in [6.07, 6.45) is 1.76. The van der Waals surface area contributed by atoms with Crippen LogP contribution in [0.5, 0.6) is 0 Å². The van der Waals surface area contributed by atoms with Crippen LogP contribution < -0.4 is 4.90 Å². The summed E-state index contributed by atoms with van der Waals surface area (Å²) in [5, 5.41) is 0. The molecule has 126 valence electrons. The third-order valence-electron chi connectivity index (χ3n) is 4.14. The lowest BCUT2D eigenvalue weighted by Gasteiger charge is -2.27. The van der Waals surface area contributed by atoms with E-state index in [1.807, 2.05) is 6.92 Å². The zero-order chi connectivity index (χ0) is 17.1. The van der Waals surface area contributed by atoms with Gasteiger partial charge in [0.05, 0.1) is 17.9 Å². The van der Waals surface area contributed by atoms with Gasteiger partial charge in [-0.1, -0.05) is 13.0 Å². The van der Waals surface area contributed by atoms with Gasteiger partial charge < -0.3 is 9.64 Å². The molecule has 1 aliphatic rings. The largest absolute Gasteiger partial charge is 0.368 e. The molecule has 6 heteroatoms. The summed E-state index contributed by atoms with van der Waals surface area (Å²) < 4.78 is 33.0. The van der Waals surface area contributed by atoms with Gasteiger partial charge >= 0.3 is 0 Å². The molecule has 24 heavy (non-hydrogen) atoms. The first-order valence-corrected chi connectivity index (χ1v) is 7.84. The maximum absolute atomic E-state index is 14.3. The fourth-order valence-corrected chi connectivity index (χ4v) is 2.80. The van der Waals surface area contributed by atoms with Crippen LogP contribution >= 0.6 is 0 Å². The first-order chi connectivity index (χ1) is 11.6. The summed E-state index contributed by atoms with van der Waals surface area (Å²) in [7, 11) is 0. The van der Waals surface area contributed by atoms with E-state index in [4.69, 9.17) is 4.74 Å². The Labute approximate surface area is 139 Å². The smallest absolute Gasteiger partial charge is 0.256 e. The van der Waals surface area contributed by atoms with Gasteiger partial charge in [0.2, 0.25) is 0 Å². The Morgan fingerprint density at radius 3 is 2.79 bits per heavy atom. The summed E-state index contributed by atoms with van der Waals surface area (Å²) in [6, 6.07) is 8.48. The Morgan fingerprint density at radius 2 is 2.17 bits per heavy atom. The minimum absolute atomic E-state index is 0.0229. The maximum atomic E-state index is 14.3. The van der Waals surface area contributed by atoms with Gasteiger partial charge in [0.25, 0.3) is 5.91 Å². The molecule has 0 saturated carbocycles. The molecule has 2 aromatic rings. The van der Waals surface area contributed by atoms with Crippen molar-refractivity contribution in [3.63, 3.8) is 0 Å². The number of amides is 1. The van der Waals surface area contributed by atoms with Crippen molar-refractivity contribution in [1.29, 1.82) is 0 Å². The van der Waals surface area contributed by atoms with Gasteiger partial charge in [-0.05, 0) is 36.6 Å². The number of rotatable bonds is 4. The summed E-state index contributed by atoms with van der Waals surface area (Å²) in [5.41, 5.74) is 0.634. The van der Waals surface area contributed by atoms with Gasteiger partial charge in [-0.3, -0.25) is 9.78 Å². The second-order valence-electron chi connectivity index (χ2n) is 5.90. The molecule has 2 heterocycles. The molecule has 1 fully saturated rings. The Kier molecular flexibility index (Phi) is 4.85. The summed E-state index contributed by atoms with van der Waals surface area (Å²) in [4.78, 5) is 18.4. The van der Waals surface area contributed by atoms with Crippen LogP contribution in [-0.4, -0.2) is 23.6 Å². The predicted molar refractivity (Wildman–Crippen MR) is 85.3 cm³/mol. The summed E-state index contributed by atoms with van der Waals surface area (Å²) in [5.74, 6) is -1.76. The molecule has 0 aliphatic carbocycles. The fourth-order valence-electron chi connectivity index (χ4n) is 2.80. The maximum Gasteiger partial charge on any atom is 0.256 e. The number of carbonyl (C=O) groups is 1. The van der Waals surface area contributed by atoms with Gasteiger partial charge in [0, 0.05) is 18.9 Å². The van der Waals surface area contributed by atoms with Gasteiger partial charge in [-0.2, -0.15) is 0 Å². The molecule has 0 N–H and O–H groups in total. The predicted octanol–water partition coefficient (Wildman–Crippen LogP) is 3.32. The van der Waals surface area contributed by atoms with E-state index in [0.717, 1.165) is 18.6 Å². The fraction of sp³-hybridized carbons (Fsp3) is 0.333. The number of halogens is 2. The molecule has 0 radical (unpaired) electrons. The Morgan fingerprint density at radius 1 is 1.33 bits per heavy atom. The number of benzene rings is 1. The molecule has 0 unspecified atom stereocenters. The highest BCUT2D eigenvalue weighted by Crippen LogP contribution is 2.28. The second-order valence-corrected chi connectivity index (χ2v) is 5.90. The SMILES string of the molecule is C[C@H]1CCO[C@@H]1C(=O)N(Cc1ccccn1)c1ccc(F)cc1F. The third kappa shape index (κ3) is 3.43.